The van der Waals surface area contributed by atoms with Crippen LogP contribution in [0.5, 0.6) is 0 Å². The number of carbonyl (C=O) groups excluding carboxylic acids is 2. The summed E-state index contributed by atoms with van der Waals surface area (Å²) in [7, 11) is 0. The van der Waals surface area contributed by atoms with Gasteiger partial charge in [0.05, 0.1) is 23.9 Å². The Morgan fingerprint density at radius 1 is 1.13 bits per heavy atom. The molecule has 5 nitrogen and oxygen atoms in total. The van der Waals surface area contributed by atoms with Crippen LogP contribution in [0.15, 0.2) is 41.6 Å². The van der Waals surface area contributed by atoms with Crippen molar-refractivity contribution < 1.29 is 9.59 Å². The summed E-state index contributed by atoms with van der Waals surface area (Å²) in [6.45, 7) is 3.44. The van der Waals surface area contributed by atoms with Gasteiger partial charge >= 0.3 is 6.03 Å². The summed E-state index contributed by atoms with van der Waals surface area (Å²) in [6, 6.07) is 9.07. The van der Waals surface area contributed by atoms with E-state index >= 15 is 0 Å². The highest BCUT2D eigenvalue weighted by atomic mass is 16.2. The second-order valence-electron chi connectivity index (χ2n) is 6.12. The minimum absolute atomic E-state index is 0.0397. The third kappa shape index (κ3) is 3.23. The van der Waals surface area contributed by atoms with Crippen molar-refractivity contribution in [2.75, 3.05) is 13.1 Å². The smallest absolute Gasteiger partial charge is 0.319 e. The molecule has 0 bridgehead atoms. The normalized spacial score (nSPS) is 20.4. The molecule has 2 N–H and O–H groups in total. The lowest BCUT2D eigenvalue weighted by Crippen LogP contribution is -2.44. The molecule has 2 aliphatic rings. The van der Waals surface area contributed by atoms with E-state index in [1.165, 1.54) is 12.8 Å². The molecule has 3 rings (SSSR count). The molecule has 0 radical (unpaired) electrons. The van der Waals surface area contributed by atoms with Crippen LogP contribution in [-0.2, 0) is 4.79 Å². The van der Waals surface area contributed by atoms with Gasteiger partial charge in [0.2, 0.25) is 0 Å². The van der Waals surface area contributed by atoms with E-state index in [0.29, 0.717) is 12.1 Å². The van der Waals surface area contributed by atoms with E-state index in [1.54, 1.807) is 0 Å². The highest BCUT2D eigenvalue weighted by Gasteiger charge is 2.39. The molecule has 1 atom stereocenters. The van der Waals surface area contributed by atoms with E-state index in [4.69, 9.17) is 0 Å². The Bertz CT molecular complexity index is 624. The summed E-state index contributed by atoms with van der Waals surface area (Å²) in [4.78, 5) is 26.5. The highest BCUT2D eigenvalue weighted by Crippen LogP contribution is 2.32. The average molecular weight is 313 g/mol. The minimum atomic E-state index is -0.354. The number of rotatable bonds is 6. The van der Waals surface area contributed by atoms with Gasteiger partial charge < -0.3 is 15.5 Å². The zero-order valence-corrected chi connectivity index (χ0v) is 13.5. The lowest BCUT2D eigenvalue weighted by molar-refractivity contribution is -0.125. The molecule has 0 saturated carbocycles. The number of hydrogen-bond acceptors (Lipinski definition) is 2. The molecule has 0 spiro atoms. The first-order chi connectivity index (χ1) is 11.2. The third-order valence-corrected chi connectivity index (χ3v) is 4.43. The maximum Gasteiger partial charge on any atom is 0.319 e. The molecule has 2 heterocycles. The fourth-order valence-electron chi connectivity index (χ4n) is 3.23. The fourth-order valence-corrected chi connectivity index (χ4v) is 3.23. The second kappa shape index (κ2) is 6.86. The molecule has 122 valence electrons. The molecule has 1 aromatic carbocycles. The molecule has 23 heavy (non-hydrogen) atoms. The summed E-state index contributed by atoms with van der Waals surface area (Å²) in [6.07, 6.45) is 4.52. The van der Waals surface area contributed by atoms with Gasteiger partial charge in [-0.25, -0.2) is 4.79 Å². The molecule has 5 heteroatoms. The number of amides is 3. The van der Waals surface area contributed by atoms with E-state index in [0.717, 1.165) is 30.6 Å². The largest absolute Gasteiger partial charge is 0.333 e. The maximum atomic E-state index is 12.8. The van der Waals surface area contributed by atoms with Crippen molar-refractivity contribution in [2.24, 2.45) is 0 Å². The van der Waals surface area contributed by atoms with Crippen LogP contribution in [0.2, 0.25) is 0 Å². The Balaban J connectivity index is 1.76. The van der Waals surface area contributed by atoms with Gasteiger partial charge in [-0.3, -0.25) is 4.79 Å². The van der Waals surface area contributed by atoms with Crippen LogP contribution in [0.4, 0.5) is 4.79 Å². The van der Waals surface area contributed by atoms with Crippen LogP contribution in [-0.4, -0.2) is 29.9 Å². The number of nitrogens with one attached hydrogen (secondary N) is 2. The third-order valence-electron chi connectivity index (χ3n) is 4.43. The lowest BCUT2D eigenvalue weighted by atomic mass is 9.96. The summed E-state index contributed by atoms with van der Waals surface area (Å²) >= 11 is 0. The molecule has 3 amide bonds. The number of carbonyl (C=O) groups is 2. The fraction of sp³-hybridized carbons (Fsp3) is 0.444. The molecule has 0 fully saturated rings. The van der Waals surface area contributed by atoms with Crippen molar-refractivity contribution in [1.82, 2.24) is 15.5 Å². The van der Waals surface area contributed by atoms with E-state index in [9.17, 15) is 9.59 Å². The Hall–Kier alpha value is -2.30. The van der Waals surface area contributed by atoms with Crippen LogP contribution >= 0.6 is 0 Å². The molecule has 0 unspecified atom stereocenters. The zero-order valence-electron chi connectivity index (χ0n) is 13.5. The number of unbranched alkanes of at least 4 members (excludes halogenated alkanes) is 3. The van der Waals surface area contributed by atoms with Gasteiger partial charge in [0.15, 0.2) is 0 Å². The Kier molecular flexibility index (Phi) is 4.65. The van der Waals surface area contributed by atoms with Gasteiger partial charge in [0, 0.05) is 6.54 Å². The van der Waals surface area contributed by atoms with Gasteiger partial charge in [-0.1, -0.05) is 56.5 Å². The first kappa shape index (κ1) is 15.6. The predicted octanol–water partition coefficient (Wildman–Crippen LogP) is 2.72. The number of hydrogen-bond donors (Lipinski definition) is 2. The lowest BCUT2D eigenvalue weighted by Gasteiger charge is -2.25. The molecule has 0 aliphatic carbocycles. The van der Waals surface area contributed by atoms with Gasteiger partial charge in [0.1, 0.15) is 0 Å². The summed E-state index contributed by atoms with van der Waals surface area (Å²) in [5.41, 5.74) is 2.38. The van der Waals surface area contributed by atoms with Crippen LogP contribution in [0.1, 0.15) is 44.2 Å². The summed E-state index contributed by atoms with van der Waals surface area (Å²) in [5, 5.41) is 5.68. The first-order valence-electron chi connectivity index (χ1n) is 8.35. The van der Waals surface area contributed by atoms with Crippen molar-refractivity contribution in [3.05, 3.63) is 47.2 Å². The van der Waals surface area contributed by atoms with Crippen LogP contribution < -0.4 is 10.6 Å². The molecule has 1 aromatic rings. The predicted molar refractivity (Wildman–Crippen MR) is 88.6 cm³/mol. The van der Waals surface area contributed by atoms with E-state index < -0.39 is 0 Å². The standard InChI is InChI=1S/C18H23N3O2/c1-2-3-4-8-11-21-12-14-15(17(21)22)16(20-18(23)19-14)13-9-6-5-7-10-13/h5-7,9-10,16H,2-4,8,11-12H2,1H3,(H2,19,20,23)/t16-/m1/s1. The Morgan fingerprint density at radius 3 is 2.65 bits per heavy atom. The monoisotopic (exact) mass is 313 g/mol. The molecule has 0 aromatic heterocycles. The summed E-state index contributed by atoms with van der Waals surface area (Å²) in [5.74, 6) is 0.0397. The highest BCUT2D eigenvalue weighted by molar-refractivity contribution is 6.01. The average Bonchev–Trinajstić information content (AvgIpc) is 2.87. The quantitative estimate of drug-likeness (QED) is 0.793. The van der Waals surface area contributed by atoms with E-state index in [2.05, 4.69) is 17.6 Å². The van der Waals surface area contributed by atoms with Crippen molar-refractivity contribution in [1.29, 1.82) is 0 Å². The van der Waals surface area contributed by atoms with Crippen molar-refractivity contribution in [3.8, 4) is 0 Å². The molecular weight excluding hydrogens is 290 g/mol. The Morgan fingerprint density at radius 2 is 1.91 bits per heavy atom. The van der Waals surface area contributed by atoms with Gasteiger partial charge in [0.25, 0.3) is 5.91 Å². The topological polar surface area (TPSA) is 61.4 Å². The van der Waals surface area contributed by atoms with E-state index in [-0.39, 0.29) is 18.0 Å². The molecule has 0 saturated heterocycles. The number of benzene rings is 1. The molecule has 2 aliphatic heterocycles. The van der Waals surface area contributed by atoms with Crippen molar-refractivity contribution in [2.45, 2.75) is 38.6 Å². The van der Waals surface area contributed by atoms with Gasteiger partial charge in [-0.2, -0.15) is 0 Å². The second-order valence-corrected chi connectivity index (χ2v) is 6.12. The van der Waals surface area contributed by atoms with Gasteiger partial charge in [-0.05, 0) is 12.0 Å². The minimum Gasteiger partial charge on any atom is -0.333 e. The summed E-state index contributed by atoms with van der Waals surface area (Å²) < 4.78 is 0. The molecular formula is C18H23N3O2. The van der Waals surface area contributed by atoms with E-state index in [1.807, 2.05) is 35.2 Å². The SMILES string of the molecule is CCCCCCN1CC2=C(C1=O)[C@@H](c1ccccc1)NC(=O)N2. The van der Waals surface area contributed by atoms with Crippen molar-refractivity contribution in [3.63, 3.8) is 0 Å². The first-order valence-corrected chi connectivity index (χ1v) is 8.35. The van der Waals surface area contributed by atoms with Crippen LogP contribution in [0.25, 0.3) is 0 Å². The number of nitrogens with zero attached hydrogens (tertiary/aromatic N) is 1. The Labute approximate surface area is 136 Å². The maximum absolute atomic E-state index is 12.8. The number of urea groups is 1. The van der Waals surface area contributed by atoms with Crippen LogP contribution in [0, 0.1) is 0 Å². The van der Waals surface area contributed by atoms with Crippen molar-refractivity contribution >= 4 is 11.9 Å². The van der Waals surface area contributed by atoms with Crippen LogP contribution in [0.3, 0.4) is 0 Å². The van der Waals surface area contributed by atoms with Gasteiger partial charge in [-0.15, -0.1) is 0 Å². The zero-order chi connectivity index (χ0) is 16.2.